The van der Waals surface area contributed by atoms with E-state index in [9.17, 15) is 5.26 Å². The van der Waals surface area contributed by atoms with E-state index in [-0.39, 0.29) is 0 Å². The van der Waals surface area contributed by atoms with E-state index >= 15 is 0 Å². The molecule has 0 bridgehead atoms. The Labute approximate surface area is 126 Å². The second-order valence-electron chi connectivity index (χ2n) is 3.80. The van der Waals surface area contributed by atoms with Crippen LogP contribution in [0.3, 0.4) is 0 Å². The van der Waals surface area contributed by atoms with Gasteiger partial charge in [-0.3, -0.25) is 0 Å². The van der Waals surface area contributed by atoms with Gasteiger partial charge < -0.3 is 0 Å². The fraction of sp³-hybridized carbons (Fsp3) is 0. The van der Waals surface area contributed by atoms with Gasteiger partial charge in [-0.1, -0.05) is 12.1 Å². The summed E-state index contributed by atoms with van der Waals surface area (Å²) in [5, 5.41) is 10.1. The number of hydrogen-bond donors (Lipinski definition) is 0. The fourth-order valence-corrected chi connectivity index (χ4v) is 3.98. The number of hydrogen-bond acceptors (Lipinski definition) is 4. The molecular weight excluding hydrogens is 340 g/mol. The van der Waals surface area contributed by atoms with Crippen molar-refractivity contribution in [1.82, 2.24) is 4.98 Å². The van der Waals surface area contributed by atoms with E-state index in [1.807, 2.05) is 42.5 Å². The van der Waals surface area contributed by atoms with Gasteiger partial charge in [0.15, 0.2) is 0 Å². The van der Waals surface area contributed by atoms with Crippen molar-refractivity contribution in [2.45, 2.75) is 0 Å². The first-order valence-corrected chi connectivity index (χ1v) is 7.92. The van der Waals surface area contributed by atoms with Gasteiger partial charge >= 0.3 is 0 Å². The molecule has 0 aliphatic rings. The Balaban J connectivity index is 2.07. The van der Waals surface area contributed by atoms with Gasteiger partial charge in [0, 0.05) is 4.88 Å². The molecule has 0 saturated heterocycles. The second kappa shape index (κ2) is 5.25. The molecule has 0 N–H and O–H groups in total. The molecule has 0 unspecified atom stereocenters. The number of nitrogens with zero attached hydrogens (tertiary/aromatic N) is 2. The minimum absolute atomic E-state index is 0.607. The van der Waals surface area contributed by atoms with Crippen LogP contribution in [0, 0.1) is 11.3 Å². The van der Waals surface area contributed by atoms with E-state index in [1.165, 1.54) is 0 Å². The first kappa shape index (κ1) is 12.5. The minimum atomic E-state index is 0.607. The smallest absolute Gasteiger partial charge is 0.135 e. The highest BCUT2D eigenvalue weighted by Crippen LogP contribution is 2.30. The van der Waals surface area contributed by atoms with E-state index in [1.54, 1.807) is 22.7 Å². The first-order chi connectivity index (χ1) is 9.26. The van der Waals surface area contributed by atoms with E-state index in [0.29, 0.717) is 5.57 Å². The lowest BCUT2D eigenvalue weighted by Crippen LogP contribution is -1.78. The van der Waals surface area contributed by atoms with Crippen molar-refractivity contribution in [2.24, 2.45) is 0 Å². The Morgan fingerprint density at radius 1 is 1.21 bits per heavy atom. The quantitative estimate of drug-likeness (QED) is 0.599. The molecule has 5 heteroatoms. The van der Waals surface area contributed by atoms with Gasteiger partial charge in [0.05, 0.1) is 19.6 Å². The predicted octanol–water partition coefficient (Wildman–Crippen LogP) is 5.18. The van der Waals surface area contributed by atoms with Crippen LogP contribution in [0.15, 0.2) is 40.2 Å². The SMILES string of the molecule is N#C/C(=C\c1ccc(Br)s1)c1nc2ccccc2s1. The first-order valence-electron chi connectivity index (χ1n) is 5.49. The maximum atomic E-state index is 9.31. The third kappa shape index (κ3) is 2.61. The summed E-state index contributed by atoms with van der Waals surface area (Å²) in [5.41, 5.74) is 1.55. The van der Waals surface area contributed by atoms with Crippen LogP contribution >= 0.6 is 38.6 Å². The number of nitriles is 1. The minimum Gasteiger partial charge on any atom is -0.235 e. The lowest BCUT2D eigenvalue weighted by molar-refractivity contribution is 1.44. The second-order valence-corrected chi connectivity index (χ2v) is 7.32. The molecule has 0 aliphatic heterocycles. The van der Waals surface area contributed by atoms with Crippen LogP contribution in [0.25, 0.3) is 21.9 Å². The number of rotatable bonds is 2. The van der Waals surface area contributed by atoms with Crippen molar-refractivity contribution in [3.05, 3.63) is 50.1 Å². The Kier molecular flexibility index (Phi) is 3.47. The van der Waals surface area contributed by atoms with Crippen molar-refractivity contribution in [2.75, 3.05) is 0 Å². The molecule has 92 valence electrons. The highest BCUT2D eigenvalue weighted by Gasteiger charge is 2.08. The van der Waals surface area contributed by atoms with Crippen LogP contribution in [-0.2, 0) is 0 Å². The number of allylic oxidation sites excluding steroid dienone is 1. The third-order valence-electron chi connectivity index (χ3n) is 2.53. The van der Waals surface area contributed by atoms with Crippen molar-refractivity contribution < 1.29 is 0 Å². The summed E-state index contributed by atoms with van der Waals surface area (Å²) >= 11 is 6.57. The number of aromatic nitrogens is 1. The van der Waals surface area contributed by atoms with Crippen LogP contribution in [-0.4, -0.2) is 4.98 Å². The van der Waals surface area contributed by atoms with Crippen molar-refractivity contribution in [3.63, 3.8) is 0 Å². The molecule has 1 aromatic carbocycles. The largest absolute Gasteiger partial charge is 0.235 e. The van der Waals surface area contributed by atoms with Crippen LogP contribution in [0.5, 0.6) is 0 Å². The molecule has 0 fully saturated rings. The van der Waals surface area contributed by atoms with Gasteiger partial charge in [-0.15, -0.1) is 22.7 Å². The van der Waals surface area contributed by atoms with Gasteiger partial charge in [-0.05, 0) is 46.3 Å². The van der Waals surface area contributed by atoms with E-state index < -0.39 is 0 Å². The zero-order valence-corrected chi connectivity index (χ0v) is 12.8. The maximum absolute atomic E-state index is 9.31. The topological polar surface area (TPSA) is 36.7 Å². The van der Waals surface area contributed by atoms with Gasteiger partial charge in [-0.25, -0.2) is 4.98 Å². The number of thiazole rings is 1. The Morgan fingerprint density at radius 3 is 2.74 bits per heavy atom. The van der Waals surface area contributed by atoms with Gasteiger partial charge in [0.25, 0.3) is 0 Å². The Morgan fingerprint density at radius 2 is 2.05 bits per heavy atom. The number of fused-ring (bicyclic) bond motifs is 1. The Bertz CT molecular complexity index is 775. The highest BCUT2D eigenvalue weighted by atomic mass is 79.9. The number of benzene rings is 1. The molecule has 0 atom stereocenters. The van der Waals surface area contributed by atoms with Crippen LogP contribution in [0.1, 0.15) is 9.88 Å². The average Bonchev–Trinajstić information content (AvgIpc) is 3.01. The number of halogens is 1. The van der Waals surface area contributed by atoms with Gasteiger partial charge in [0.1, 0.15) is 11.1 Å². The van der Waals surface area contributed by atoms with Gasteiger partial charge in [-0.2, -0.15) is 5.26 Å². The monoisotopic (exact) mass is 346 g/mol. The third-order valence-corrected chi connectivity index (χ3v) is 5.17. The maximum Gasteiger partial charge on any atom is 0.135 e. The summed E-state index contributed by atoms with van der Waals surface area (Å²) in [6.07, 6.45) is 1.88. The molecule has 2 nitrogen and oxygen atoms in total. The van der Waals surface area contributed by atoms with Crippen LogP contribution in [0.4, 0.5) is 0 Å². The molecule has 19 heavy (non-hydrogen) atoms. The van der Waals surface area contributed by atoms with Gasteiger partial charge in [0.2, 0.25) is 0 Å². The molecule has 2 aromatic heterocycles. The lowest BCUT2D eigenvalue weighted by Gasteiger charge is -1.90. The molecule has 3 rings (SSSR count). The molecule has 0 spiro atoms. The number of thiophene rings is 1. The summed E-state index contributed by atoms with van der Waals surface area (Å²) in [5.74, 6) is 0. The fourth-order valence-electron chi connectivity index (χ4n) is 1.68. The van der Waals surface area contributed by atoms with Crippen LogP contribution in [0.2, 0.25) is 0 Å². The summed E-state index contributed by atoms with van der Waals surface area (Å²) in [6.45, 7) is 0. The standard InChI is InChI=1S/C14H7BrN2S2/c15-13-6-5-10(18-13)7-9(8-16)14-17-11-3-1-2-4-12(11)19-14/h1-7H/b9-7+. The lowest BCUT2D eigenvalue weighted by atomic mass is 10.2. The summed E-state index contributed by atoms with van der Waals surface area (Å²) in [6, 6.07) is 14.1. The molecule has 3 aromatic rings. The number of para-hydroxylation sites is 1. The Hall–Kier alpha value is -1.48. The summed E-state index contributed by atoms with van der Waals surface area (Å²) in [4.78, 5) is 5.55. The zero-order chi connectivity index (χ0) is 13.2. The molecule has 0 aliphatic carbocycles. The normalized spacial score (nSPS) is 11.7. The van der Waals surface area contributed by atoms with E-state index in [4.69, 9.17) is 0 Å². The predicted molar refractivity (Wildman–Crippen MR) is 85.1 cm³/mol. The van der Waals surface area contributed by atoms with Crippen LogP contribution < -0.4 is 0 Å². The molecule has 2 heterocycles. The molecule has 0 saturated carbocycles. The van der Waals surface area contributed by atoms with E-state index in [2.05, 4.69) is 27.0 Å². The van der Waals surface area contributed by atoms with Crippen molar-refractivity contribution in [1.29, 1.82) is 5.26 Å². The van der Waals surface area contributed by atoms with Crippen molar-refractivity contribution in [3.8, 4) is 6.07 Å². The summed E-state index contributed by atoms with van der Waals surface area (Å²) < 4.78 is 2.16. The van der Waals surface area contributed by atoms with Crippen molar-refractivity contribution >= 4 is 60.5 Å². The molecule has 0 radical (unpaired) electrons. The van der Waals surface area contributed by atoms with E-state index in [0.717, 1.165) is 23.9 Å². The average molecular weight is 347 g/mol. The highest BCUT2D eigenvalue weighted by molar-refractivity contribution is 9.11. The zero-order valence-electron chi connectivity index (χ0n) is 9.63. The molecular formula is C14H7BrN2S2. The summed E-state index contributed by atoms with van der Waals surface area (Å²) in [7, 11) is 0. The molecule has 0 amide bonds.